The Labute approximate surface area is 67.0 Å². The molecule has 5 heteroatoms. The molecule has 0 aliphatic rings. The van der Waals surface area contributed by atoms with Crippen LogP contribution in [0.3, 0.4) is 0 Å². The molecule has 0 atom stereocenters. The van der Waals surface area contributed by atoms with Crippen LogP contribution in [0.15, 0.2) is 0 Å². The lowest BCUT2D eigenvalue weighted by Crippen LogP contribution is -3.00. The number of quaternary nitrogens is 1. The third-order valence-electron chi connectivity index (χ3n) is 0.522. The minimum atomic E-state index is -0.248. The van der Waals surface area contributed by atoms with Crippen molar-refractivity contribution >= 4 is 6.09 Å². The van der Waals surface area contributed by atoms with Crippen LogP contribution >= 0.6 is 0 Å². The van der Waals surface area contributed by atoms with E-state index >= 15 is 0 Å². The van der Waals surface area contributed by atoms with E-state index in [9.17, 15) is 4.79 Å². The van der Waals surface area contributed by atoms with Gasteiger partial charge in [-0.1, -0.05) is 0 Å². The number of carbonyl (C=O) groups excluding carboxylic acids is 1. The highest BCUT2D eigenvalue weighted by molar-refractivity contribution is 5.54. The van der Waals surface area contributed by atoms with Crippen molar-refractivity contribution in [3.8, 4) is 0 Å². The van der Waals surface area contributed by atoms with Crippen LogP contribution in [-0.4, -0.2) is 19.7 Å². The summed E-state index contributed by atoms with van der Waals surface area (Å²) >= 11 is 0. The first-order valence-electron chi connectivity index (χ1n) is 2.27. The Bertz CT molecular complexity index is 69.6. The van der Waals surface area contributed by atoms with E-state index in [1.54, 1.807) is 14.0 Å². The number of hydrogen-bond donors (Lipinski definition) is 1. The summed E-state index contributed by atoms with van der Waals surface area (Å²) in [5.41, 5.74) is 0. The fourth-order valence-electron chi connectivity index (χ4n) is 0.226. The van der Waals surface area contributed by atoms with Gasteiger partial charge in [-0.15, -0.1) is 0 Å². The molecular formula is C4H10Cl2NO2-. The Hall–Kier alpha value is 0.01000. The molecule has 1 amide bonds. The first-order valence-corrected chi connectivity index (χ1v) is 2.27. The molecule has 0 aliphatic carbocycles. The predicted octanol–water partition coefficient (Wildman–Crippen LogP) is -6.66. The van der Waals surface area contributed by atoms with Crippen molar-refractivity contribution in [2.45, 2.75) is 6.92 Å². The third kappa shape index (κ3) is 11.5. The molecule has 58 valence electrons. The molecule has 0 aromatic rings. The number of carbonyl (C=O) groups is 1. The molecule has 0 spiro atoms. The van der Waals surface area contributed by atoms with Gasteiger partial charge in [-0.05, 0) is 6.92 Å². The van der Waals surface area contributed by atoms with E-state index in [1.165, 1.54) is 5.32 Å². The van der Waals surface area contributed by atoms with Gasteiger partial charge in [0.1, 0.15) is 0 Å². The second-order valence-corrected chi connectivity index (χ2v) is 1.04. The highest BCUT2D eigenvalue weighted by Crippen LogP contribution is 1.64. The molecule has 0 bridgehead atoms. The van der Waals surface area contributed by atoms with Crippen LogP contribution in [0.25, 0.3) is 0 Å². The van der Waals surface area contributed by atoms with E-state index in [4.69, 9.17) is 0 Å². The van der Waals surface area contributed by atoms with Crippen LogP contribution in [0.4, 0.5) is 4.79 Å². The number of hydrogen-bond acceptors (Lipinski definition) is 2. The summed E-state index contributed by atoms with van der Waals surface area (Å²) in [4.78, 5) is 10.1. The zero-order valence-electron chi connectivity index (χ0n) is 5.36. The van der Waals surface area contributed by atoms with Crippen molar-refractivity contribution in [1.82, 2.24) is 0 Å². The summed E-state index contributed by atoms with van der Waals surface area (Å²) in [5, 5.41) is 1.39. The highest BCUT2D eigenvalue weighted by atomic mass is 35.5. The van der Waals surface area contributed by atoms with Crippen LogP contribution in [-0.2, 0) is 4.74 Å². The SMILES string of the molecule is CCOC(=O)[NH2+]C.[Cl-].[Cl-]. The smallest absolute Gasteiger partial charge is 0.512 e. The van der Waals surface area contributed by atoms with Gasteiger partial charge in [0.05, 0.1) is 13.7 Å². The van der Waals surface area contributed by atoms with Crippen LogP contribution in [0.1, 0.15) is 6.92 Å². The second kappa shape index (κ2) is 10.9. The first-order chi connectivity index (χ1) is 3.31. The lowest BCUT2D eigenvalue weighted by Gasteiger charge is -1.90. The number of halogens is 2. The van der Waals surface area contributed by atoms with Crippen molar-refractivity contribution < 1.29 is 39.7 Å². The van der Waals surface area contributed by atoms with Gasteiger partial charge in [-0.25, -0.2) is 5.32 Å². The second-order valence-electron chi connectivity index (χ2n) is 1.04. The predicted molar refractivity (Wildman–Crippen MR) is 24.9 cm³/mol. The summed E-state index contributed by atoms with van der Waals surface area (Å²) in [6.07, 6.45) is -0.248. The normalized spacial score (nSPS) is 6.44. The minimum absolute atomic E-state index is 0. The van der Waals surface area contributed by atoms with E-state index in [0.29, 0.717) is 6.61 Å². The van der Waals surface area contributed by atoms with Gasteiger partial charge in [0.15, 0.2) is 0 Å². The van der Waals surface area contributed by atoms with Gasteiger partial charge in [-0.2, -0.15) is 4.79 Å². The van der Waals surface area contributed by atoms with E-state index in [1.807, 2.05) is 0 Å². The van der Waals surface area contributed by atoms with Gasteiger partial charge in [-0.3, -0.25) is 0 Å². The van der Waals surface area contributed by atoms with Crippen LogP contribution in [0, 0.1) is 0 Å². The van der Waals surface area contributed by atoms with E-state index in [0.717, 1.165) is 0 Å². The molecule has 0 unspecified atom stereocenters. The van der Waals surface area contributed by atoms with Gasteiger partial charge >= 0.3 is 6.09 Å². The summed E-state index contributed by atoms with van der Waals surface area (Å²) in [5.74, 6) is 0. The van der Waals surface area contributed by atoms with Gasteiger partial charge in [0.2, 0.25) is 0 Å². The highest BCUT2D eigenvalue weighted by Gasteiger charge is 1.96. The maximum atomic E-state index is 10.1. The molecule has 0 rings (SSSR count). The molecule has 0 saturated carbocycles. The standard InChI is InChI=1S/C4H9NO2.2ClH/c1-3-7-4(6)5-2;;/h3H2,1-2H3,(H,5,6);2*1H/p-1. The summed E-state index contributed by atoms with van der Waals surface area (Å²) < 4.78 is 4.50. The van der Waals surface area contributed by atoms with Crippen molar-refractivity contribution in [3.63, 3.8) is 0 Å². The maximum absolute atomic E-state index is 10.1. The van der Waals surface area contributed by atoms with Crippen molar-refractivity contribution in [2.24, 2.45) is 0 Å². The van der Waals surface area contributed by atoms with Crippen LogP contribution in [0.2, 0.25) is 0 Å². The first kappa shape index (κ1) is 16.0. The maximum Gasteiger partial charge on any atom is 0.512 e. The van der Waals surface area contributed by atoms with Crippen molar-refractivity contribution in [3.05, 3.63) is 0 Å². The molecule has 0 aromatic carbocycles. The lowest BCUT2D eigenvalue weighted by atomic mass is 10.9. The van der Waals surface area contributed by atoms with E-state index in [2.05, 4.69) is 4.74 Å². The lowest BCUT2D eigenvalue weighted by molar-refractivity contribution is -0.539. The average Bonchev–Trinajstić information content (AvgIpc) is 1.68. The molecular weight excluding hydrogens is 165 g/mol. The Morgan fingerprint density at radius 2 is 2.00 bits per heavy atom. The van der Waals surface area contributed by atoms with E-state index in [-0.39, 0.29) is 30.9 Å². The van der Waals surface area contributed by atoms with Crippen molar-refractivity contribution in [1.29, 1.82) is 0 Å². The molecule has 9 heavy (non-hydrogen) atoms. The summed E-state index contributed by atoms with van der Waals surface area (Å²) in [6.45, 7) is 2.24. The quantitative estimate of drug-likeness (QED) is 0.430. The summed E-state index contributed by atoms with van der Waals surface area (Å²) in [6, 6.07) is 0. The average molecular weight is 175 g/mol. The topological polar surface area (TPSA) is 42.9 Å². The molecule has 0 radical (unpaired) electrons. The van der Waals surface area contributed by atoms with Gasteiger partial charge in [0, 0.05) is 0 Å². The monoisotopic (exact) mass is 174 g/mol. The molecule has 0 saturated heterocycles. The number of primary amides is 1. The number of nitrogens with two attached hydrogens (primary N) is 1. The van der Waals surface area contributed by atoms with Gasteiger partial charge < -0.3 is 29.6 Å². The Morgan fingerprint density at radius 3 is 2.11 bits per heavy atom. The Kier molecular flexibility index (Phi) is 19.4. The molecule has 0 heterocycles. The molecule has 3 nitrogen and oxygen atoms in total. The van der Waals surface area contributed by atoms with E-state index < -0.39 is 0 Å². The van der Waals surface area contributed by atoms with Gasteiger partial charge in [0.25, 0.3) is 0 Å². The number of ether oxygens (including phenoxy) is 1. The number of amides is 1. The largest absolute Gasteiger partial charge is 1.00 e. The minimum Gasteiger partial charge on any atom is -1.00 e. The van der Waals surface area contributed by atoms with Crippen molar-refractivity contribution in [2.75, 3.05) is 13.7 Å². The fraction of sp³-hybridized carbons (Fsp3) is 0.750. The Morgan fingerprint density at radius 1 is 1.56 bits per heavy atom. The number of rotatable bonds is 1. The zero-order valence-corrected chi connectivity index (χ0v) is 6.87. The van der Waals surface area contributed by atoms with Crippen LogP contribution < -0.4 is 30.1 Å². The molecule has 0 fully saturated rings. The fourth-order valence-corrected chi connectivity index (χ4v) is 0.226. The molecule has 2 N–H and O–H groups in total. The molecule has 0 aliphatic heterocycles. The molecule has 0 aromatic heterocycles. The Balaban J connectivity index is -0.000000180. The zero-order chi connectivity index (χ0) is 5.70. The van der Waals surface area contributed by atoms with Crippen LogP contribution in [0.5, 0.6) is 0 Å². The summed E-state index contributed by atoms with van der Waals surface area (Å²) in [7, 11) is 1.65. The third-order valence-corrected chi connectivity index (χ3v) is 0.522.